The summed E-state index contributed by atoms with van der Waals surface area (Å²) in [6, 6.07) is 6.02. The van der Waals surface area contributed by atoms with Gasteiger partial charge in [0.2, 0.25) is 11.7 Å². The number of aromatic amines is 1. The first-order chi connectivity index (χ1) is 22.2. The van der Waals surface area contributed by atoms with Crippen LogP contribution in [0.15, 0.2) is 37.1 Å². The highest BCUT2D eigenvalue weighted by Gasteiger charge is 2.48. The summed E-state index contributed by atoms with van der Waals surface area (Å²) >= 11 is 0. The molecule has 1 aliphatic heterocycles. The number of nitriles is 1. The number of nitrogens with one attached hydrogen (secondary N) is 2. The van der Waals surface area contributed by atoms with E-state index in [4.69, 9.17) is 4.74 Å². The highest BCUT2D eigenvalue weighted by atomic mass is 19.4. The molecule has 4 aromatic heterocycles. The zero-order valence-corrected chi connectivity index (χ0v) is 25.2. The van der Waals surface area contributed by atoms with Crippen molar-refractivity contribution in [3.8, 4) is 23.2 Å². The smallest absolute Gasteiger partial charge is 0.451 e. The molecule has 0 unspecified atom stereocenters. The second kappa shape index (κ2) is 11.9. The molecule has 3 N–H and O–H groups in total. The number of alkyl halides is 3. The number of nitrogens with zero attached hydrogens (tertiary/aromatic N) is 8. The van der Waals surface area contributed by atoms with E-state index in [1.54, 1.807) is 6.20 Å². The van der Waals surface area contributed by atoms with Gasteiger partial charge in [-0.3, -0.25) is 9.58 Å². The molecular weight excluding hydrogens is 601 g/mol. The SMILES string of the molecule is N#CCC1(n2cc(-c3ncnc4[nH]ccc34)cn2)CN([C@H]2CC[C@@H](Oc3cc(CNCC4(CO)CC4)nc(C(F)(F)F)n3)CC2)C1. The Labute approximate surface area is 263 Å². The quantitative estimate of drug-likeness (QED) is 0.222. The van der Waals surface area contributed by atoms with E-state index in [0.29, 0.717) is 38.9 Å². The van der Waals surface area contributed by atoms with Crippen molar-refractivity contribution in [1.29, 1.82) is 5.26 Å². The molecule has 3 aliphatic rings. The Hall–Kier alpha value is -4.13. The number of ether oxygens (including phenoxy) is 1. The van der Waals surface area contributed by atoms with Crippen molar-refractivity contribution in [3.63, 3.8) is 0 Å². The first-order valence-electron chi connectivity index (χ1n) is 15.6. The Balaban J connectivity index is 0.964. The molecule has 1 saturated heterocycles. The summed E-state index contributed by atoms with van der Waals surface area (Å²) in [6.07, 6.45) is 7.21. The molecule has 2 saturated carbocycles. The molecule has 12 nitrogen and oxygen atoms in total. The number of aliphatic hydroxyl groups is 1. The van der Waals surface area contributed by atoms with Crippen LogP contribution in [0.25, 0.3) is 22.3 Å². The maximum Gasteiger partial charge on any atom is 0.451 e. The van der Waals surface area contributed by atoms with Crippen molar-refractivity contribution in [2.24, 2.45) is 5.41 Å². The van der Waals surface area contributed by atoms with Crippen LogP contribution < -0.4 is 10.1 Å². The molecule has 7 rings (SSSR count). The summed E-state index contributed by atoms with van der Waals surface area (Å²) in [5.74, 6) is -1.29. The highest BCUT2D eigenvalue weighted by Crippen LogP contribution is 2.44. The van der Waals surface area contributed by atoms with Crippen molar-refractivity contribution in [2.75, 3.05) is 26.2 Å². The molecule has 0 bridgehead atoms. The third-order valence-electron chi connectivity index (χ3n) is 9.65. The fourth-order valence-corrected chi connectivity index (χ4v) is 6.73. The Morgan fingerprint density at radius 1 is 1.15 bits per heavy atom. The molecule has 0 spiro atoms. The number of aliphatic hydroxyl groups excluding tert-OH is 1. The Bertz CT molecular complexity index is 1730. The van der Waals surface area contributed by atoms with Gasteiger partial charge in [0.1, 0.15) is 23.6 Å². The first kappa shape index (κ1) is 30.5. The highest BCUT2D eigenvalue weighted by molar-refractivity contribution is 5.90. The number of fused-ring (bicyclic) bond motifs is 1. The zero-order valence-electron chi connectivity index (χ0n) is 25.2. The minimum Gasteiger partial charge on any atom is -0.474 e. The maximum atomic E-state index is 13.6. The lowest BCUT2D eigenvalue weighted by Crippen LogP contribution is -2.65. The van der Waals surface area contributed by atoms with Crippen LogP contribution in [0.3, 0.4) is 0 Å². The number of hydrogen-bond donors (Lipinski definition) is 3. The van der Waals surface area contributed by atoms with Crippen LogP contribution in [0.4, 0.5) is 13.2 Å². The lowest BCUT2D eigenvalue weighted by Gasteiger charge is -2.53. The van der Waals surface area contributed by atoms with Gasteiger partial charge in [-0.15, -0.1) is 0 Å². The number of likely N-dealkylation sites (tertiary alicyclic amines) is 1. The molecule has 5 heterocycles. The number of aromatic nitrogens is 7. The lowest BCUT2D eigenvalue weighted by atomic mass is 9.82. The molecule has 3 fully saturated rings. The van der Waals surface area contributed by atoms with E-state index < -0.39 is 17.5 Å². The fraction of sp³-hybridized carbons (Fsp3) is 0.548. The maximum absolute atomic E-state index is 13.6. The second-order valence-corrected chi connectivity index (χ2v) is 12.9. The van der Waals surface area contributed by atoms with Gasteiger partial charge in [-0.2, -0.15) is 28.5 Å². The fourth-order valence-electron chi connectivity index (χ4n) is 6.73. The van der Waals surface area contributed by atoms with Crippen LogP contribution in [0.5, 0.6) is 5.88 Å². The molecule has 242 valence electrons. The van der Waals surface area contributed by atoms with E-state index in [1.807, 2.05) is 23.1 Å². The standard InChI is InChI=1S/C31H35F3N10O2/c32-31(33,34)28-41-21(13-36-15-29(18-45)6-7-29)11-25(42-28)46-23-3-1-22(2-4-23)43-16-30(17-43,8-9-35)44-14-20(12-40-44)26-24-5-10-37-27(24)39-19-38-26/h5,10-12,14,19,22-23,36,45H,1-4,6-8,13,15-18H2,(H,37,38,39)/t22-,23+. The van der Waals surface area contributed by atoms with Gasteiger partial charge in [0.05, 0.1) is 30.1 Å². The minimum atomic E-state index is -4.69. The Kier molecular flexibility index (Phi) is 7.90. The molecule has 46 heavy (non-hydrogen) atoms. The Morgan fingerprint density at radius 3 is 2.67 bits per heavy atom. The van der Waals surface area contributed by atoms with Gasteiger partial charge in [0.25, 0.3) is 0 Å². The van der Waals surface area contributed by atoms with Gasteiger partial charge in [0, 0.05) is 73.7 Å². The summed E-state index contributed by atoms with van der Waals surface area (Å²) in [4.78, 5) is 21.6. The monoisotopic (exact) mass is 636 g/mol. The summed E-state index contributed by atoms with van der Waals surface area (Å²) in [6.45, 7) is 2.05. The van der Waals surface area contributed by atoms with E-state index in [2.05, 4.69) is 46.3 Å². The van der Waals surface area contributed by atoms with E-state index in [0.717, 1.165) is 48.0 Å². The van der Waals surface area contributed by atoms with E-state index >= 15 is 0 Å². The first-order valence-corrected chi connectivity index (χ1v) is 15.6. The third-order valence-corrected chi connectivity index (χ3v) is 9.65. The predicted octanol–water partition coefficient (Wildman–Crippen LogP) is 3.81. The van der Waals surface area contributed by atoms with Gasteiger partial charge in [-0.1, -0.05) is 0 Å². The molecule has 0 radical (unpaired) electrons. The van der Waals surface area contributed by atoms with Crippen LogP contribution in [0.2, 0.25) is 0 Å². The van der Waals surface area contributed by atoms with Gasteiger partial charge in [-0.25, -0.2) is 15.0 Å². The Morgan fingerprint density at radius 2 is 1.96 bits per heavy atom. The number of H-pyrrole nitrogens is 1. The topological polar surface area (TPSA) is 154 Å². The van der Waals surface area contributed by atoms with Gasteiger partial charge < -0.3 is 20.1 Å². The average molecular weight is 637 g/mol. The van der Waals surface area contributed by atoms with Crippen molar-refractivity contribution in [2.45, 2.75) is 75.4 Å². The van der Waals surface area contributed by atoms with E-state index in [9.17, 15) is 23.5 Å². The second-order valence-electron chi connectivity index (χ2n) is 12.9. The predicted molar refractivity (Wildman–Crippen MR) is 159 cm³/mol. The summed E-state index contributed by atoms with van der Waals surface area (Å²) in [5, 5.41) is 27.9. The van der Waals surface area contributed by atoms with Crippen molar-refractivity contribution >= 4 is 11.0 Å². The average Bonchev–Trinajstić information content (AvgIpc) is 3.38. The molecule has 0 amide bonds. The van der Waals surface area contributed by atoms with Gasteiger partial charge >= 0.3 is 6.18 Å². The summed E-state index contributed by atoms with van der Waals surface area (Å²) in [5.41, 5.74) is 1.97. The largest absolute Gasteiger partial charge is 0.474 e. The van der Waals surface area contributed by atoms with E-state index in [-0.39, 0.29) is 42.3 Å². The summed E-state index contributed by atoms with van der Waals surface area (Å²) in [7, 11) is 0. The molecule has 2 aliphatic carbocycles. The molecule has 15 heteroatoms. The number of hydrogen-bond acceptors (Lipinski definition) is 10. The van der Waals surface area contributed by atoms with Crippen LogP contribution in [-0.4, -0.2) is 83.1 Å². The molecule has 4 aromatic rings. The summed E-state index contributed by atoms with van der Waals surface area (Å²) < 4.78 is 48.7. The normalized spacial score (nSPS) is 22.3. The van der Waals surface area contributed by atoms with Crippen LogP contribution in [0, 0.1) is 16.7 Å². The molecule has 0 aromatic carbocycles. The lowest BCUT2D eigenvalue weighted by molar-refractivity contribution is -0.145. The molecule has 0 atom stereocenters. The molecular formula is C31H35F3N10O2. The van der Waals surface area contributed by atoms with Crippen molar-refractivity contribution in [3.05, 3.63) is 48.6 Å². The van der Waals surface area contributed by atoms with Gasteiger partial charge in [-0.05, 0) is 44.6 Å². The van der Waals surface area contributed by atoms with Crippen LogP contribution in [0.1, 0.15) is 56.5 Å². The number of rotatable bonds is 11. The van der Waals surface area contributed by atoms with Crippen molar-refractivity contribution < 1.29 is 23.0 Å². The van der Waals surface area contributed by atoms with E-state index in [1.165, 1.54) is 12.4 Å². The van der Waals surface area contributed by atoms with Gasteiger partial charge in [0.15, 0.2) is 0 Å². The number of halogens is 3. The van der Waals surface area contributed by atoms with Crippen molar-refractivity contribution in [1.82, 2.24) is 44.9 Å². The zero-order chi connectivity index (χ0) is 31.9. The van der Waals surface area contributed by atoms with Crippen LogP contribution in [-0.2, 0) is 18.3 Å². The minimum absolute atomic E-state index is 0.0527. The third kappa shape index (κ3) is 6.04. The van der Waals surface area contributed by atoms with Crippen LogP contribution >= 0.6 is 0 Å².